The van der Waals surface area contributed by atoms with E-state index in [1.807, 2.05) is 31.8 Å². The van der Waals surface area contributed by atoms with Crippen molar-refractivity contribution in [3.63, 3.8) is 0 Å². The molecule has 0 saturated heterocycles. The zero-order chi connectivity index (χ0) is 16.3. The maximum Gasteiger partial charge on any atom is 0.171 e. The summed E-state index contributed by atoms with van der Waals surface area (Å²) in [4.78, 5) is 0. The Morgan fingerprint density at radius 1 is 1.45 bits per heavy atom. The molecule has 0 aliphatic rings. The van der Waals surface area contributed by atoms with Gasteiger partial charge < -0.3 is 15.4 Å². The van der Waals surface area contributed by atoms with Crippen LogP contribution in [0, 0.1) is 6.92 Å². The second-order valence-electron chi connectivity index (χ2n) is 4.97. The topological polar surface area (TPSA) is 51.1 Å². The molecule has 7 heteroatoms. The van der Waals surface area contributed by atoms with Gasteiger partial charge in [-0.05, 0) is 44.3 Å². The van der Waals surface area contributed by atoms with E-state index >= 15 is 0 Å². The molecule has 0 fully saturated rings. The monoisotopic (exact) mass is 338 g/mol. The molecule has 118 valence electrons. The average molecular weight is 339 g/mol. The highest BCUT2D eigenvalue weighted by Gasteiger charge is 2.14. The van der Waals surface area contributed by atoms with Crippen LogP contribution in [0.15, 0.2) is 24.4 Å². The zero-order valence-electron chi connectivity index (χ0n) is 13.0. The Kier molecular flexibility index (Phi) is 5.26. The summed E-state index contributed by atoms with van der Waals surface area (Å²) in [7, 11) is 3.52. The maximum absolute atomic E-state index is 6.01. The van der Waals surface area contributed by atoms with Gasteiger partial charge in [-0.1, -0.05) is 11.6 Å². The van der Waals surface area contributed by atoms with E-state index in [1.54, 1.807) is 25.3 Å². The Morgan fingerprint density at radius 2 is 2.18 bits per heavy atom. The quantitative estimate of drug-likeness (QED) is 0.836. The molecule has 1 unspecified atom stereocenters. The minimum absolute atomic E-state index is 0.0406. The lowest BCUT2D eigenvalue weighted by Gasteiger charge is -2.18. The largest absolute Gasteiger partial charge is 0.495 e. The highest BCUT2D eigenvalue weighted by atomic mass is 35.5. The molecule has 22 heavy (non-hydrogen) atoms. The van der Waals surface area contributed by atoms with Gasteiger partial charge in [-0.15, -0.1) is 0 Å². The fourth-order valence-corrected chi connectivity index (χ4v) is 2.61. The number of nitrogens with one attached hydrogen (secondary N) is 2. The van der Waals surface area contributed by atoms with Crippen molar-refractivity contribution in [2.24, 2.45) is 7.05 Å². The number of nitrogens with zero attached hydrogens (tertiary/aromatic N) is 2. The lowest BCUT2D eigenvalue weighted by Crippen LogP contribution is -2.31. The Bertz CT molecular complexity index is 686. The smallest absolute Gasteiger partial charge is 0.171 e. The van der Waals surface area contributed by atoms with E-state index in [4.69, 9.17) is 28.6 Å². The summed E-state index contributed by atoms with van der Waals surface area (Å²) in [6.45, 7) is 4.06. The summed E-state index contributed by atoms with van der Waals surface area (Å²) < 4.78 is 7.13. The van der Waals surface area contributed by atoms with Gasteiger partial charge in [0.2, 0.25) is 0 Å². The van der Waals surface area contributed by atoms with E-state index in [0.29, 0.717) is 15.9 Å². The molecular formula is C15H19ClN4OS. The van der Waals surface area contributed by atoms with Crippen LogP contribution < -0.4 is 15.4 Å². The van der Waals surface area contributed by atoms with Crippen LogP contribution in [0.5, 0.6) is 5.75 Å². The van der Waals surface area contributed by atoms with Crippen LogP contribution >= 0.6 is 23.8 Å². The Morgan fingerprint density at radius 3 is 2.77 bits per heavy atom. The Labute approximate surface area is 140 Å². The summed E-state index contributed by atoms with van der Waals surface area (Å²) in [6.07, 6.45) is 1.84. The summed E-state index contributed by atoms with van der Waals surface area (Å²) in [5.74, 6) is 0.679. The minimum Gasteiger partial charge on any atom is -0.495 e. The number of rotatable bonds is 4. The van der Waals surface area contributed by atoms with E-state index in [0.717, 1.165) is 16.9 Å². The fourth-order valence-electron chi connectivity index (χ4n) is 2.15. The number of thiocarbonyl (C=S) groups is 1. The van der Waals surface area contributed by atoms with Gasteiger partial charge in [0.15, 0.2) is 5.11 Å². The number of hydrogen-bond donors (Lipinski definition) is 2. The molecule has 0 spiro atoms. The predicted octanol–water partition coefficient (Wildman–Crippen LogP) is 3.44. The highest BCUT2D eigenvalue weighted by molar-refractivity contribution is 7.80. The number of benzene rings is 1. The molecule has 1 aromatic heterocycles. The maximum atomic E-state index is 6.01. The molecule has 5 nitrogen and oxygen atoms in total. The zero-order valence-corrected chi connectivity index (χ0v) is 14.5. The van der Waals surface area contributed by atoms with Crippen LogP contribution in [0.25, 0.3) is 0 Å². The van der Waals surface area contributed by atoms with Gasteiger partial charge in [0.25, 0.3) is 0 Å². The van der Waals surface area contributed by atoms with Gasteiger partial charge in [0.05, 0.1) is 25.0 Å². The average Bonchev–Trinajstić information content (AvgIpc) is 2.79. The van der Waals surface area contributed by atoms with Gasteiger partial charge in [-0.3, -0.25) is 4.68 Å². The molecule has 1 aromatic carbocycles. The van der Waals surface area contributed by atoms with Crippen molar-refractivity contribution in [1.29, 1.82) is 0 Å². The summed E-state index contributed by atoms with van der Waals surface area (Å²) in [5.41, 5.74) is 2.93. The molecule has 0 saturated carbocycles. The van der Waals surface area contributed by atoms with Crippen molar-refractivity contribution >= 4 is 34.6 Å². The van der Waals surface area contributed by atoms with Crippen LogP contribution in [0.3, 0.4) is 0 Å². The first-order valence-electron chi connectivity index (χ1n) is 6.82. The number of anilines is 1. The van der Waals surface area contributed by atoms with E-state index in [1.165, 1.54) is 0 Å². The number of ether oxygens (including phenoxy) is 1. The van der Waals surface area contributed by atoms with Gasteiger partial charge in [-0.2, -0.15) is 5.10 Å². The van der Waals surface area contributed by atoms with Gasteiger partial charge in [0, 0.05) is 23.3 Å². The molecule has 2 rings (SSSR count). The standard InChI is InChI=1S/C15H19ClN4OS/c1-9(12-8-17-20(3)10(12)2)18-15(22)19-13-7-11(16)5-6-14(13)21-4/h5-9H,1-4H3,(H2,18,19,22). The summed E-state index contributed by atoms with van der Waals surface area (Å²) >= 11 is 11.4. The molecule has 2 aromatic rings. The van der Waals surface area contributed by atoms with Crippen LogP contribution in [-0.4, -0.2) is 22.0 Å². The first kappa shape index (κ1) is 16.6. The first-order chi connectivity index (χ1) is 10.4. The van der Waals surface area contributed by atoms with Crippen molar-refractivity contribution in [2.75, 3.05) is 12.4 Å². The van der Waals surface area contributed by atoms with Crippen LogP contribution in [0.1, 0.15) is 24.2 Å². The molecule has 0 aliphatic carbocycles. The third-order valence-corrected chi connectivity index (χ3v) is 3.95. The van der Waals surface area contributed by atoms with E-state index in [2.05, 4.69) is 15.7 Å². The van der Waals surface area contributed by atoms with Crippen molar-refractivity contribution in [1.82, 2.24) is 15.1 Å². The SMILES string of the molecule is COc1ccc(Cl)cc1NC(=S)NC(C)c1cnn(C)c1C. The number of aryl methyl sites for hydroxylation is 1. The second-order valence-corrected chi connectivity index (χ2v) is 5.82. The molecule has 0 amide bonds. The molecule has 0 aliphatic heterocycles. The lowest BCUT2D eigenvalue weighted by atomic mass is 10.1. The number of hydrogen-bond acceptors (Lipinski definition) is 3. The number of halogens is 1. The Balaban J connectivity index is 2.07. The van der Waals surface area contributed by atoms with Gasteiger partial charge in [-0.25, -0.2) is 0 Å². The molecule has 0 bridgehead atoms. The first-order valence-corrected chi connectivity index (χ1v) is 7.60. The molecule has 0 radical (unpaired) electrons. The van der Waals surface area contributed by atoms with Crippen molar-refractivity contribution in [2.45, 2.75) is 19.9 Å². The van der Waals surface area contributed by atoms with Gasteiger partial charge >= 0.3 is 0 Å². The number of aromatic nitrogens is 2. The third-order valence-electron chi connectivity index (χ3n) is 3.50. The van der Waals surface area contributed by atoms with Crippen molar-refractivity contribution < 1.29 is 4.74 Å². The molecule has 2 N–H and O–H groups in total. The highest BCUT2D eigenvalue weighted by Crippen LogP contribution is 2.27. The predicted molar refractivity (Wildman–Crippen MR) is 93.7 cm³/mol. The Hall–Kier alpha value is -1.79. The van der Waals surface area contributed by atoms with Crippen LogP contribution in [0.2, 0.25) is 5.02 Å². The van der Waals surface area contributed by atoms with E-state index in [-0.39, 0.29) is 6.04 Å². The van der Waals surface area contributed by atoms with Gasteiger partial charge in [0.1, 0.15) is 5.75 Å². The van der Waals surface area contributed by atoms with Crippen LogP contribution in [-0.2, 0) is 7.05 Å². The lowest BCUT2D eigenvalue weighted by molar-refractivity contribution is 0.417. The minimum atomic E-state index is 0.0406. The van der Waals surface area contributed by atoms with E-state index in [9.17, 15) is 0 Å². The normalized spacial score (nSPS) is 11.9. The summed E-state index contributed by atoms with van der Waals surface area (Å²) in [5, 5.41) is 11.7. The van der Waals surface area contributed by atoms with Crippen molar-refractivity contribution in [3.05, 3.63) is 40.7 Å². The second kappa shape index (κ2) is 6.98. The van der Waals surface area contributed by atoms with Crippen molar-refractivity contribution in [3.8, 4) is 5.75 Å². The molecule has 1 atom stereocenters. The van der Waals surface area contributed by atoms with E-state index < -0.39 is 0 Å². The molecular weight excluding hydrogens is 320 g/mol. The summed E-state index contributed by atoms with van der Waals surface area (Å²) in [6, 6.07) is 5.37. The fraction of sp³-hybridized carbons (Fsp3) is 0.333. The third kappa shape index (κ3) is 3.69. The molecule has 1 heterocycles. The van der Waals surface area contributed by atoms with Crippen LogP contribution in [0.4, 0.5) is 5.69 Å². The number of methoxy groups -OCH3 is 1.